The van der Waals surface area contributed by atoms with Crippen LogP contribution in [-0.2, 0) is 0 Å². The van der Waals surface area contributed by atoms with Crippen molar-refractivity contribution < 1.29 is 10.2 Å². The van der Waals surface area contributed by atoms with Gasteiger partial charge in [0.2, 0.25) is 0 Å². The Kier molecular flexibility index (Phi) is 6.44. The van der Waals surface area contributed by atoms with E-state index in [1.807, 2.05) is 0 Å². The fourth-order valence-electron chi connectivity index (χ4n) is 9.31. The minimum Gasteiger partial charge on any atom is -0.393 e. The fraction of sp³-hybridized carbons (Fsp3) is 1.00. The zero-order chi connectivity index (χ0) is 21.8. The molecular weight excluding hydrogens is 368 g/mol. The molecule has 2 heteroatoms. The Bertz CT molecular complexity index is 601. The summed E-state index contributed by atoms with van der Waals surface area (Å²) in [6.45, 7) is 14.8. The van der Waals surface area contributed by atoms with E-state index in [2.05, 4.69) is 41.5 Å². The van der Waals surface area contributed by atoms with Gasteiger partial charge < -0.3 is 10.2 Å². The van der Waals surface area contributed by atoms with Crippen LogP contribution in [0.25, 0.3) is 0 Å². The second kappa shape index (κ2) is 8.36. The smallest absolute Gasteiger partial charge is 0.0577 e. The number of hydrogen-bond acceptors (Lipinski definition) is 2. The number of fused-ring (bicyclic) bond motifs is 5. The molecule has 0 heterocycles. The summed E-state index contributed by atoms with van der Waals surface area (Å²) in [5.74, 6) is 5.95. The molecule has 0 aliphatic heterocycles. The molecular formula is C28H50O2. The molecule has 11 atom stereocenters. The molecule has 0 aromatic rings. The molecule has 2 nitrogen and oxygen atoms in total. The van der Waals surface area contributed by atoms with Gasteiger partial charge in [-0.3, -0.25) is 0 Å². The van der Waals surface area contributed by atoms with Crippen molar-refractivity contribution in [2.45, 2.75) is 118 Å². The van der Waals surface area contributed by atoms with Gasteiger partial charge in [0.15, 0.2) is 0 Å². The summed E-state index contributed by atoms with van der Waals surface area (Å²) in [4.78, 5) is 0. The van der Waals surface area contributed by atoms with Gasteiger partial charge in [0.1, 0.15) is 0 Å². The van der Waals surface area contributed by atoms with Crippen LogP contribution in [0.2, 0.25) is 0 Å². The Morgan fingerprint density at radius 1 is 0.767 bits per heavy atom. The first kappa shape index (κ1) is 23.1. The zero-order valence-electron chi connectivity index (χ0n) is 20.7. The van der Waals surface area contributed by atoms with Crippen LogP contribution >= 0.6 is 0 Å². The van der Waals surface area contributed by atoms with Gasteiger partial charge in [0.05, 0.1) is 12.2 Å². The Morgan fingerprint density at radius 3 is 2.13 bits per heavy atom. The van der Waals surface area contributed by atoms with Crippen LogP contribution in [0.15, 0.2) is 0 Å². The number of rotatable bonds is 5. The lowest BCUT2D eigenvalue weighted by atomic mass is 9.43. The van der Waals surface area contributed by atoms with E-state index in [9.17, 15) is 10.2 Å². The SMILES string of the molecule is CC(C)[C@H](C)CC[C@@H](C)[C@H]1CCC2[C@@H]3C[C@H](O)[C@H]4C[C@@H](O)CC[C@]4(C)[C@H]3CC[C@@]21C. The third-order valence-corrected chi connectivity index (χ3v) is 11.6. The third-order valence-electron chi connectivity index (χ3n) is 11.6. The monoisotopic (exact) mass is 418 g/mol. The predicted octanol–water partition coefficient (Wildman–Crippen LogP) is 6.69. The molecule has 174 valence electrons. The molecule has 4 fully saturated rings. The van der Waals surface area contributed by atoms with Crippen molar-refractivity contribution in [1.29, 1.82) is 0 Å². The van der Waals surface area contributed by atoms with Gasteiger partial charge in [-0.25, -0.2) is 0 Å². The third kappa shape index (κ3) is 3.70. The molecule has 4 saturated carbocycles. The molecule has 0 saturated heterocycles. The van der Waals surface area contributed by atoms with E-state index in [1.165, 1.54) is 38.5 Å². The molecule has 4 aliphatic rings. The highest BCUT2D eigenvalue weighted by Gasteiger charge is 2.62. The molecule has 30 heavy (non-hydrogen) atoms. The van der Waals surface area contributed by atoms with Crippen LogP contribution in [0.1, 0.15) is 106 Å². The Hall–Kier alpha value is -0.0800. The van der Waals surface area contributed by atoms with Crippen molar-refractivity contribution in [2.24, 2.45) is 58.2 Å². The maximum Gasteiger partial charge on any atom is 0.0577 e. The molecule has 0 aromatic carbocycles. The highest BCUT2D eigenvalue weighted by atomic mass is 16.3. The molecule has 4 rings (SSSR count). The van der Waals surface area contributed by atoms with E-state index in [0.29, 0.717) is 17.3 Å². The zero-order valence-corrected chi connectivity index (χ0v) is 20.7. The largest absolute Gasteiger partial charge is 0.393 e. The first-order valence-electron chi connectivity index (χ1n) is 13.4. The summed E-state index contributed by atoms with van der Waals surface area (Å²) in [5.41, 5.74) is 0.734. The van der Waals surface area contributed by atoms with Crippen LogP contribution in [0, 0.1) is 58.2 Å². The lowest BCUT2D eigenvalue weighted by molar-refractivity contribution is -0.172. The number of aliphatic hydroxyl groups excluding tert-OH is 2. The van der Waals surface area contributed by atoms with Crippen LogP contribution in [0.4, 0.5) is 0 Å². The molecule has 0 aromatic heterocycles. The van der Waals surface area contributed by atoms with Gasteiger partial charge in [0.25, 0.3) is 0 Å². The molecule has 1 unspecified atom stereocenters. The molecule has 4 aliphatic carbocycles. The first-order chi connectivity index (χ1) is 14.1. The number of aliphatic hydroxyl groups is 2. The first-order valence-corrected chi connectivity index (χ1v) is 13.4. The van der Waals surface area contributed by atoms with Crippen molar-refractivity contribution in [1.82, 2.24) is 0 Å². The van der Waals surface area contributed by atoms with Crippen molar-refractivity contribution in [3.05, 3.63) is 0 Å². The van der Waals surface area contributed by atoms with E-state index >= 15 is 0 Å². The minimum atomic E-state index is -0.197. The average molecular weight is 419 g/mol. The van der Waals surface area contributed by atoms with Crippen LogP contribution in [0.3, 0.4) is 0 Å². The highest BCUT2D eigenvalue weighted by molar-refractivity contribution is 5.11. The maximum absolute atomic E-state index is 11.2. The Labute approximate surface area is 186 Å². The summed E-state index contributed by atoms with van der Waals surface area (Å²) in [6, 6.07) is 0. The lowest BCUT2D eigenvalue weighted by Gasteiger charge is -2.62. The quantitative estimate of drug-likeness (QED) is 0.522. The molecule has 0 spiro atoms. The number of hydrogen-bond donors (Lipinski definition) is 2. The lowest BCUT2D eigenvalue weighted by Crippen LogP contribution is -2.58. The normalized spacial score (nSPS) is 50.5. The van der Waals surface area contributed by atoms with Crippen LogP contribution in [0.5, 0.6) is 0 Å². The van der Waals surface area contributed by atoms with Gasteiger partial charge >= 0.3 is 0 Å². The molecule has 0 radical (unpaired) electrons. The summed E-state index contributed by atoms with van der Waals surface area (Å²) in [7, 11) is 0. The summed E-state index contributed by atoms with van der Waals surface area (Å²) < 4.78 is 0. The van der Waals surface area contributed by atoms with Gasteiger partial charge in [-0.1, -0.05) is 54.4 Å². The van der Waals surface area contributed by atoms with Crippen molar-refractivity contribution in [2.75, 3.05) is 0 Å². The molecule has 2 N–H and O–H groups in total. The van der Waals surface area contributed by atoms with Crippen LogP contribution in [-0.4, -0.2) is 22.4 Å². The Balaban J connectivity index is 1.49. The topological polar surface area (TPSA) is 40.5 Å². The van der Waals surface area contributed by atoms with E-state index in [-0.39, 0.29) is 17.6 Å². The second-order valence-electron chi connectivity index (χ2n) is 13.2. The van der Waals surface area contributed by atoms with E-state index in [0.717, 1.165) is 61.2 Å². The van der Waals surface area contributed by atoms with Crippen molar-refractivity contribution in [3.8, 4) is 0 Å². The maximum atomic E-state index is 11.2. The van der Waals surface area contributed by atoms with Gasteiger partial charge in [-0.2, -0.15) is 0 Å². The Morgan fingerprint density at radius 2 is 1.43 bits per heavy atom. The van der Waals surface area contributed by atoms with Crippen molar-refractivity contribution >= 4 is 0 Å². The van der Waals surface area contributed by atoms with Gasteiger partial charge in [-0.05, 0) is 110 Å². The van der Waals surface area contributed by atoms with Crippen molar-refractivity contribution in [3.63, 3.8) is 0 Å². The van der Waals surface area contributed by atoms with E-state index < -0.39 is 0 Å². The van der Waals surface area contributed by atoms with Gasteiger partial charge in [0, 0.05) is 0 Å². The summed E-state index contributed by atoms with van der Waals surface area (Å²) in [5, 5.41) is 21.5. The molecule has 0 bridgehead atoms. The summed E-state index contributed by atoms with van der Waals surface area (Å²) in [6.07, 6.45) is 11.8. The van der Waals surface area contributed by atoms with Crippen LogP contribution < -0.4 is 0 Å². The van der Waals surface area contributed by atoms with Gasteiger partial charge in [-0.15, -0.1) is 0 Å². The summed E-state index contributed by atoms with van der Waals surface area (Å²) >= 11 is 0. The average Bonchev–Trinajstić information content (AvgIpc) is 3.04. The minimum absolute atomic E-state index is 0.187. The highest BCUT2D eigenvalue weighted by Crippen LogP contribution is 2.68. The second-order valence-corrected chi connectivity index (χ2v) is 13.2. The standard InChI is InChI=1S/C28H50O2/c1-17(2)18(3)7-8-19(4)22-9-10-23-21-16-26(30)25-15-20(29)11-13-28(25,6)24(21)12-14-27(22,23)5/h17-26,29-30H,7-16H2,1-6H3/t18-,19-,20+,21+,22-,23?,24+,25-,26+,27-,28-/m1/s1. The van der Waals surface area contributed by atoms with E-state index in [1.54, 1.807) is 0 Å². The predicted molar refractivity (Wildman–Crippen MR) is 125 cm³/mol. The van der Waals surface area contributed by atoms with E-state index in [4.69, 9.17) is 0 Å². The molecule has 0 amide bonds. The fourth-order valence-corrected chi connectivity index (χ4v) is 9.31.